The highest BCUT2D eigenvalue weighted by molar-refractivity contribution is 7.17. The highest BCUT2D eigenvalue weighted by Crippen LogP contribution is 2.43. The van der Waals surface area contributed by atoms with Gasteiger partial charge in [0, 0.05) is 35.3 Å². The zero-order valence-electron chi connectivity index (χ0n) is 33.4. The van der Waals surface area contributed by atoms with Crippen LogP contribution in [0.15, 0.2) is 47.7 Å². The van der Waals surface area contributed by atoms with Gasteiger partial charge < -0.3 is 40.9 Å². The Hall–Kier alpha value is -5.88. The summed E-state index contributed by atoms with van der Waals surface area (Å²) in [6.45, 7) is 8.70. The Bertz CT molecular complexity index is 2540. The Morgan fingerprint density at radius 3 is 1.58 bits per heavy atom. The number of hydrogen-bond acceptors (Lipinski definition) is 11. The van der Waals surface area contributed by atoms with Gasteiger partial charge in [0.25, 0.3) is 0 Å². The first-order valence-electron chi connectivity index (χ1n) is 19.8. The van der Waals surface area contributed by atoms with E-state index < -0.39 is 24.2 Å². The van der Waals surface area contributed by atoms with Crippen LogP contribution in [0.25, 0.3) is 54.1 Å². The number of H-pyrrole nitrogens is 2. The molecule has 2 aliphatic heterocycles. The Morgan fingerprint density at radius 2 is 1.15 bits per heavy atom. The minimum absolute atomic E-state index is 0.127. The largest absolute Gasteiger partial charge is 0.453 e. The van der Waals surface area contributed by atoms with Crippen LogP contribution in [0.2, 0.25) is 0 Å². The van der Waals surface area contributed by atoms with Crippen molar-refractivity contribution < 1.29 is 23.9 Å². The number of likely N-dealkylation sites (tertiary alicyclic amines) is 2. The normalized spacial score (nSPS) is 17.9. The summed E-state index contributed by atoms with van der Waals surface area (Å²) >= 11 is 3.10. The molecule has 2 saturated heterocycles. The Morgan fingerprint density at radius 1 is 0.712 bits per heavy atom. The van der Waals surface area contributed by atoms with Crippen molar-refractivity contribution in [2.75, 3.05) is 20.2 Å². The molecule has 6 aromatic rings. The number of carbonyl (C=O) groups is 4. The van der Waals surface area contributed by atoms with Crippen LogP contribution in [-0.2, 0) is 14.3 Å². The van der Waals surface area contributed by atoms with Crippen molar-refractivity contribution in [3.63, 3.8) is 0 Å². The van der Waals surface area contributed by atoms with E-state index in [0.29, 0.717) is 24.7 Å². The third kappa shape index (κ3) is 7.50. The quantitative estimate of drug-likeness (QED) is 0.0931. The van der Waals surface area contributed by atoms with Crippen molar-refractivity contribution >= 4 is 67.0 Å². The molecular formula is C41H47N11O5S2. The predicted octanol–water partition coefficient (Wildman–Crippen LogP) is 6.75. The number of primary amides is 1. The second-order valence-electron chi connectivity index (χ2n) is 15.7. The van der Waals surface area contributed by atoms with E-state index in [1.54, 1.807) is 38.7 Å². The van der Waals surface area contributed by atoms with Gasteiger partial charge in [0.15, 0.2) is 0 Å². The minimum Gasteiger partial charge on any atom is -0.453 e. The Balaban J connectivity index is 1.05. The maximum Gasteiger partial charge on any atom is 0.407 e. The molecule has 16 nitrogen and oxygen atoms in total. The van der Waals surface area contributed by atoms with E-state index in [1.165, 1.54) is 7.11 Å². The number of ether oxygens (including phenoxy) is 1. The average molecular weight is 838 g/mol. The Kier molecular flexibility index (Phi) is 11.1. The molecule has 4 unspecified atom stereocenters. The predicted molar refractivity (Wildman–Crippen MR) is 226 cm³/mol. The lowest BCUT2D eigenvalue weighted by Crippen LogP contribution is -2.52. The lowest BCUT2D eigenvalue weighted by Gasteiger charge is -2.30. The first-order chi connectivity index (χ1) is 28.4. The van der Waals surface area contributed by atoms with E-state index in [1.807, 2.05) is 44.9 Å². The molecule has 2 aliphatic rings. The summed E-state index contributed by atoms with van der Waals surface area (Å²) in [5.74, 6) is 0.810. The zero-order valence-corrected chi connectivity index (χ0v) is 35.1. The third-order valence-electron chi connectivity index (χ3n) is 11.4. The zero-order chi connectivity index (χ0) is 41.5. The first-order valence-corrected chi connectivity index (χ1v) is 21.6. The summed E-state index contributed by atoms with van der Waals surface area (Å²) in [6, 6.07) is 5.63. The summed E-state index contributed by atoms with van der Waals surface area (Å²) < 4.78 is 6.77. The van der Waals surface area contributed by atoms with Crippen LogP contribution < -0.4 is 16.4 Å². The standard InChI is InChI=1S/C41H47N11O5S2/c1-20(2)30(49-40(42)55)38(53)51-14-6-8-28(51)36-43-16-26(47-36)24-12-10-22(32-34(24)58-18-45-32)23-11-13-25(35-33(23)46-19-59-35)27-17-44-37(48-27)29-9-7-15-52(29)39(54)31(21(3)4)50-41(56)57-5/h10-13,16-21,28-31H,6-9,14-15H2,1-5H3,(H,43,47)(H,44,48)(H,50,56)(H3,42,49,55). The fraction of sp³-hybridized carbons (Fsp3) is 0.415. The van der Waals surface area contributed by atoms with Crippen molar-refractivity contribution in [2.45, 2.75) is 77.5 Å². The summed E-state index contributed by atoms with van der Waals surface area (Å²) in [4.78, 5) is 80.8. The van der Waals surface area contributed by atoms with Crippen molar-refractivity contribution in [2.24, 2.45) is 17.6 Å². The second kappa shape index (κ2) is 16.4. The number of urea groups is 1. The number of amides is 5. The molecule has 0 spiro atoms. The van der Waals surface area contributed by atoms with Crippen LogP contribution in [0.4, 0.5) is 9.59 Å². The smallest absolute Gasteiger partial charge is 0.407 e. The number of alkyl carbamates (subject to hydrolysis) is 1. The lowest BCUT2D eigenvalue weighted by molar-refractivity contribution is -0.136. The number of nitrogens with two attached hydrogens (primary N) is 1. The summed E-state index contributed by atoms with van der Waals surface area (Å²) in [5.41, 5.74) is 16.2. The summed E-state index contributed by atoms with van der Waals surface area (Å²) in [5, 5.41) is 5.33. The topological polar surface area (TPSA) is 217 Å². The first kappa shape index (κ1) is 39.9. The number of carbonyl (C=O) groups excluding carboxylic acids is 4. The van der Waals surface area contributed by atoms with E-state index in [-0.39, 0.29) is 35.7 Å². The van der Waals surface area contributed by atoms with Gasteiger partial charge in [-0.15, -0.1) is 22.7 Å². The molecule has 18 heteroatoms. The van der Waals surface area contributed by atoms with Crippen molar-refractivity contribution in [1.29, 1.82) is 0 Å². The van der Waals surface area contributed by atoms with Gasteiger partial charge >= 0.3 is 12.1 Å². The van der Waals surface area contributed by atoms with Crippen LogP contribution in [0.1, 0.15) is 77.1 Å². The molecule has 0 radical (unpaired) electrons. The number of methoxy groups -OCH3 is 1. The van der Waals surface area contributed by atoms with Gasteiger partial charge in [-0.2, -0.15) is 0 Å². The molecule has 8 rings (SSSR count). The van der Waals surface area contributed by atoms with Crippen LogP contribution in [0.3, 0.4) is 0 Å². The van der Waals surface area contributed by atoms with Crippen LogP contribution in [-0.4, -0.2) is 95.9 Å². The van der Waals surface area contributed by atoms with E-state index in [0.717, 1.165) is 79.8 Å². The van der Waals surface area contributed by atoms with E-state index in [9.17, 15) is 19.2 Å². The molecule has 0 saturated carbocycles. The molecule has 0 bridgehead atoms. The number of nitrogens with one attached hydrogen (secondary N) is 4. The minimum atomic E-state index is -0.723. The molecule has 4 atom stereocenters. The van der Waals surface area contributed by atoms with Gasteiger partial charge in [-0.1, -0.05) is 52.0 Å². The molecule has 6 heterocycles. The third-order valence-corrected chi connectivity index (χ3v) is 13.1. The highest BCUT2D eigenvalue weighted by atomic mass is 32.1. The van der Waals surface area contributed by atoms with Crippen LogP contribution >= 0.6 is 22.7 Å². The van der Waals surface area contributed by atoms with Gasteiger partial charge in [-0.25, -0.2) is 29.5 Å². The summed E-state index contributed by atoms with van der Waals surface area (Å²) in [7, 11) is 1.29. The number of rotatable bonds is 11. The number of fused-ring (bicyclic) bond motifs is 2. The molecule has 4 aromatic heterocycles. The molecule has 0 aliphatic carbocycles. The molecule has 59 heavy (non-hydrogen) atoms. The maximum absolute atomic E-state index is 13.7. The number of aromatic nitrogens is 6. The monoisotopic (exact) mass is 837 g/mol. The van der Waals surface area contributed by atoms with E-state index >= 15 is 0 Å². The number of benzene rings is 2. The molecule has 5 amide bonds. The van der Waals surface area contributed by atoms with Crippen molar-refractivity contribution in [1.82, 2.24) is 50.3 Å². The van der Waals surface area contributed by atoms with Gasteiger partial charge in [0.05, 0.1) is 74.4 Å². The van der Waals surface area contributed by atoms with Crippen LogP contribution in [0.5, 0.6) is 0 Å². The maximum atomic E-state index is 13.7. The molecule has 2 aromatic carbocycles. The number of imidazole rings is 2. The van der Waals surface area contributed by atoms with Gasteiger partial charge in [-0.3, -0.25) is 9.59 Å². The molecule has 308 valence electrons. The van der Waals surface area contributed by atoms with Gasteiger partial charge in [0.2, 0.25) is 11.8 Å². The lowest BCUT2D eigenvalue weighted by atomic mass is 9.98. The fourth-order valence-electron chi connectivity index (χ4n) is 8.40. The number of hydrogen-bond donors (Lipinski definition) is 5. The number of aromatic amines is 2. The average Bonchev–Trinajstić information content (AvgIpc) is 4.06. The molecule has 6 N–H and O–H groups in total. The van der Waals surface area contributed by atoms with Crippen LogP contribution in [0, 0.1) is 11.8 Å². The second-order valence-corrected chi connectivity index (χ2v) is 17.4. The fourth-order valence-corrected chi connectivity index (χ4v) is 10.1. The van der Waals surface area contributed by atoms with Gasteiger partial charge in [-0.05, 0) is 37.5 Å². The van der Waals surface area contributed by atoms with E-state index in [2.05, 4.69) is 44.9 Å². The summed E-state index contributed by atoms with van der Waals surface area (Å²) in [6.07, 6.45) is 6.13. The Labute approximate surface area is 348 Å². The van der Waals surface area contributed by atoms with E-state index in [4.69, 9.17) is 30.4 Å². The van der Waals surface area contributed by atoms with Gasteiger partial charge in [0.1, 0.15) is 23.7 Å². The number of thiazole rings is 2. The number of nitrogens with zero attached hydrogens (tertiary/aromatic N) is 6. The highest BCUT2D eigenvalue weighted by Gasteiger charge is 2.39. The molecule has 2 fully saturated rings. The van der Waals surface area contributed by atoms with Crippen molar-refractivity contribution in [3.05, 3.63) is 59.3 Å². The SMILES string of the molecule is COC(=O)NC(C(=O)N1CCCC1c1ncc(-c2ccc(-c3ccc(-c4cnc(C5CCCN5C(=O)C(NC(N)=O)C(C)C)[nH]4)c4scnc34)c3ncsc23)[nH]1)C(C)C. The van der Waals surface area contributed by atoms with Crippen molar-refractivity contribution in [3.8, 4) is 33.6 Å². The molecular weight excluding hydrogens is 791 g/mol.